The SMILES string of the molecule is COCCOc1ccccc1C(O)C1CCCC(C)C1. The molecule has 3 heteroatoms. The van der Waals surface area contributed by atoms with Crippen molar-refractivity contribution in [2.75, 3.05) is 20.3 Å². The minimum absolute atomic E-state index is 0.353. The maximum absolute atomic E-state index is 10.7. The van der Waals surface area contributed by atoms with E-state index in [9.17, 15) is 5.11 Å². The van der Waals surface area contributed by atoms with Crippen molar-refractivity contribution < 1.29 is 14.6 Å². The van der Waals surface area contributed by atoms with Crippen molar-refractivity contribution in [1.29, 1.82) is 0 Å². The second-order valence-electron chi connectivity index (χ2n) is 5.86. The van der Waals surface area contributed by atoms with E-state index in [0.29, 0.717) is 25.0 Å². The van der Waals surface area contributed by atoms with Gasteiger partial charge in [-0.25, -0.2) is 0 Å². The third-order valence-electron chi connectivity index (χ3n) is 4.21. The normalized spacial score (nSPS) is 24.4. The third-order valence-corrected chi connectivity index (χ3v) is 4.21. The molecule has 3 unspecified atom stereocenters. The number of hydrogen-bond donors (Lipinski definition) is 1. The fourth-order valence-corrected chi connectivity index (χ4v) is 3.11. The van der Waals surface area contributed by atoms with Gasteiger partial charge in [0.05, 0.1) is 12.7 Å². The third kappa shape index (κ3) is 3.97. The zero-order chi connectivity index (χ0) is 14.4. The van der Waals surface area contributed by atoms with Gasteiger partial charge in [0.1, 0.15) is 12.4 Å². The van der Waals surface area contributed by atoms with Gasteiger partial charge in [0.2, 0.25) is 0 Å². The number of rotatable bonds is 6. The summed E-state index contributed by atoms with van der Waals surface area (Å²) in [6, 6.07) is 7.82. The van der Waals surface area contributed by atoms with Gasteiger partial charge in [0, 0.05) is 12.7 Å². The van der Waals surface area contributed by atoms with E-state index < -0.39 is 6.10 Å². The molecule has 1 N–H and O–H groups in total. The van der Waals surface area contributed by atoms with E-state index in [1.165, 1.54) is 12.8 Å². The molecule has 1 fully saturated rings. The standard InChI is InChI=1S/C17H26O3/c1-13-6-5-7-14(12-13)17(18)15-8-3-4-9-16(15)20-11-10-19-2/h3-4,8-9,13-14,17-18H,5-7,10-12H2,1-2H3. The molecule has 1 aliphatic carbocycles. The molecule has 3 nitrogen and oxygen atoms in total. The van der Waals surface area contributed by atoms with E-state index in [2.05, 4.69) is 6.92 Å². The number of para-hydroxylation sites is 1. The summed E-state index contributed by atoms with van der Waals surface area (Å²) in [5, 5.41) is 10.7. The van der Waals surface area contributed by atoms with Crippen LogP contribution < -0.4 is 4.74 Å². The van der Waals surface area contributed by atoms with E-state index in [-0.39, 0.29) is 0 Å². The van der Waals surface area contributed by atoms with Crippen LogP contribution in [0.2, 0.25) is 0 Å². The molecule has 0 heterocycles. The Morgan fingerprint density at radius 3 is 2.80 bits per heavy atom. The smallest absolute Gasteiger partial charge is 0.125 e. The van der Waals surface area contributed by atoms with Crippen LogP contribution in [0, 0.1) is 11.8 Å². The van der Waals surface area contributed by atoms with Gasteiger partial charge in [-0.3, -0.25) is 0 Å². The first-order valence-corrected chi connectivity index (χ1v) is 7.61. The molecule has 20 heavy (non-hydrogen) atoms. The number of methoxy groups -OCH3 is 1. The Balaban J connectivity index is 2.06. The van der Waals surface area contributed by atoms with Crippen molar-refractivity contribution in [3.8, 4) is 5.75 Å². The van der Waals surface area contributed by atoms with Gasteiger partial charge in [-0.1, -0.05) is 38.0 Å². The summed E-state index contributed by atoms with van der Waals surface area (Å²) in [5.74, 6) is 1.85. The van der Waals surface area contributed by atoms with Crippen LogP contribution >= 0.6 is 0 Å². The molecule has 2 rings (SSSR count). The fourth-order valence-electron chi connectivity index (χ4n) is 3.11. The van der Waals surface area contributed by atoms with E-state index >= 15 is 0 Å². The Kier molecular flexibility index (Phi) is 5.86. The summed E-state index contributed by atoms with van der Waals surface area (Å²) >= 11 is 0. The molecule has 0 saturated heterocycles. The van der Waals surface area contributed by atoms with E-state index in [1.807, 2.05) is 24.3 Å². The van der Waals surface area contributed by atoms with E-state index in [4.69, 9.17) is 9.47 Å². The first-order chi connectivity index (χ1) is 9.72. The van der Waals surface area contributed by atoms with Crippen LogP contribution in [0.25, 0.3) is 0 Å². The van der Waals surface area contributed by atoms with Gasteiger partial charge in [0.25, 0.3) is 0 Å². The lowest BCUT2D eigenvalue weighted by Gasteiger charge is -2.31. The highest BCUT2D eigenvalue weighted by Gasteiger charge is 2.28. The molecule has 3 atom stereocenters. The second kappa shape index (κ2) is 7.65. The van der Waals surface area contributed by atoms with Crippen LogP contribution in [-0.4, -0.2) is 25.4 Å². The monoisotopic (exact) mass is 278 g/mol. The number of hydrogen-bond acceptors (Lipinski definition) is 3. The first kappa shape index (κ1) is 15.3. The summed E-state index contributed by atoms with van der Waals surface area (Å²) in [4.78, 5) is 0. The molecule has 0 aromatic heterocycles. The molecule has 0 bridgehead atoms. The topological polar surface area (TPSA) is 38.7 Å². The highest BCUT2D eigenvalue weighted by molar-refractivity contribution is 5.35. The van der Waals surface area contributed by atoms with E-state index in [0.717, 1.165) is 24.2 Å². The molecule has 1 aromatic rings. The molecule has 0 radical (unpaired) electrons. The van der Waals surface area contributed by atoms with Crippen molar-refractivity contribution in [3.63, 3.8) is 0 Å². The molecular formula is C17H26O3. The number of aliphatic hydroxyl groups excluding tert-OH is 1. The average molecular weight is 278 g/mol. The Hall–Kier alpha value is -1.06. The lowest BCUT2D eigenvalue weighted by Crippen LogP contribution is -2.21. The van der Waals surface area contributed by atoms with Crippen LogP contribution in [0.3, 0.4) is 0 Å². The Morgan fingerprint density at radius 1 is 1.25 bits per heavy atom. The fraction of sp³-hybridized carbons (Fsp3) is 0.647. The molecule has 0 amide bonds. The number of benzene rings is 1. The van der Waals surface area contributed by atoms with Crippen molar-refractivity contribution in [2.45, 2.75) is 38.7 Å². The summed E-state index contributed by atoms with van der Waals surface area (Å²) in [6.07, 6.45) is 4.30. The minimum atomic E-state index is -0.420. The summed E-state index contributed by atoms with van der Waals surface area (Å²) < 4.78 is 10.7. The largest absolute Gasteiger partial charge is 0.491 e. The van der Waals surface area contributed by atoms with Crippen molar-refractivity contribution in [2.24, 2.45) is 11.8 Å². The average Bonchev–Trinajstić information content (AvgIpc) is 2.47. The summed E-state index contributed by atoms with van der Waals surface area (Å²) in [6.45, 7) is 3.35. The number of aliphatic hydroxyl groups is 1. The zero-order valence-electron chi connectivity index (χ0n) is 12.5. The molecule has 112 valence electrons. The van der Waals surface area contributed by atoms with E-state index in [1.54, 1.807) is 7.11 Å². The predicted molar refractivity (Wildman–Crippen MR) is 79.9 cm³/mol. The first-order valence-electron chi connectivity index (χ1n) is 7.61. The zero-order valence-corrected chi connectivity index (χ0v) is 12.5. The number of ether oxygens (including phenoxy) is 2. The van der Waals surface area contributed by atoms with Crippen molar-refractivity contribution in [1.82, 2.24) is 0 Å². The minimum Gasteiger partial charge on any atom is -0.491 e. The van der Waals surface area contributed by atoms with Crippen LogP contribution in [0.5, 0.6) is 5.75 Å². The predicted octanol–water partition coefficient (Wildman–Crippen LogP) is 3.57. The van der Waals surface area contributed by atoms with Crippen LogP contribution in [0.1, 0.15) is 44.3 Å². The Labute approximate surface area is 121 Å². The molecule has 1 aromatic carbocycles. The molecule has 1 aliphatic rings. The van der Waals surface area contributed by atoms with Gasteiger partial charge in [-0.05, 0) is 30.7 Å². The highest BCUT2D eigenvalue weighted by atomic mass is 16.5. The molecular weight excluding hydrogens is 252 g/mol. The van der Waals surface area contributed by atoms with Gasteiger partial charge >= 0.3 is 0 Å². The maximum atomic E-state index is 10.7. The van der Waals surface area contributed by atoms with Crippen LogP contribution in [0.4, 0.5) is 0 Å². The van der Waals surface area contributed by atoms with Gasteiger partial charge in [-0.15, -0.1) is 0 Å². The van der Waals surface area contributed by atoms with Crippen LogP contribution in [-0.2, 0) is 4.74 Å². The van der Waals surface area contributed by atoms with Gasteiger partial charge in [-0.2, -0.15) is 0 Å². The second-order valence-corrected chi connectivity index (χ2v) is 5.86. The Morgan fingerprint density at radius 2 is 2.05 bits per heavy atom. The maximum Gasteiger partial charge on any atom is 0.125 e. The van der Waals surface area contributed by atoms with Gasteiger partial charge in [0.15, 0.2) is 0 Å². The molecule has 0 spiro atoms. The van der Waals surface area contributed by atoms with Crippen molar-refractivity contribution in [3.05, 3.63) is 29.8 Å². The summed E-state index contributed by atoms with van der Waals surface area (Å²) in [5.41, 5.74) is 0.919. The quantitative estimate of drug-likeness (QED) is 0.808. The van der Waals surface area contributed by atoms with Crippen LogP contribution in [0.15, 0.2) is 24.3 Å². The van der Waals surface area contributed by atoms with Gasteiger partial charge < -0.3 is 14.6 Å². The lowest BCUT2D eigenvalue weighted by molar-refractivity contribution is 0.0674. The van der Waals surface area contributed by atoms with Crippen molar-refractivity contribution >= 4 is 0 Å². The highest BCUT2D eigenvalue weighted by Crippen LogP contribution is 2.39. The molecule has 1 saturated carbocycles. The molecule has 0 aliphatic heterocycles. The lowest BCUT2D eigenvalue weighted by atomic mass is 9.78. The summed E-state index contributed by atoms with van der Waals surface area (Å²) in [7, 11) is 1.66. The Bertz CT molecular complexity index is 405.